The Kier molecular flexibility index (Phi) is 5.34. The molecule has 0 bridgehead atoms. The van der Waals surface area contributed by atoms with Crippen molar-refractivity contribution in [2.24, 2.45) is 0 Å². The molecule has 1 aromatic carbocycles. The van der Waals surface area contributed by atoms with Crippen LogP contribution in [0.2, 0.25) is 26.2 Å². The summed E-state index contributed by atoms with van der Waals surface area (Å²) >= 11 is 0. The molecule has 0 aliphatic heterocycles. The Morgan fingerprint density at radius 3 is 1.22 bits per heavy atom. The zero-order chi connectivity index (χ0) is 13.8. The Balaban J connectivity index is 2.92. The van der Waals surface area contributed by atoms with Crippen LogP contribution in [-0.4, -0.2) is 42.6 Å². The molecule has 102 valence electrons. The van der Waals surface area contributed by atoms with E-state index < -0.39 is 16.1 Å². The first-order valence-corrected chi connectivity index (χ1v) is 13.1. The summed E-state index contributed by atoms with van der Waals surface area (Å²) in [7, 11) is 1.51. The molecule has 0 amide bonds. The second-order valence-corrected chi connectivity index (χ2v) is 15.8. The molecule has 0 saturated heterocycles. The highest BCUT2D eigenvalue weighted by Gasteiger charge is 2.25. The number of hydrogen-bond donors (Lipinski definition) is 2. The van der Waals surface area contributed by atoms with Crippen LogP contribution in [0.1, 0.15) is 0 Å². The highest BCUT2D eigenvalue weighted by molar-refractivity contribution is 6.91. The Labute approximate surface area is 114 Å². The van der Waals surface area contributed by atoms with Gasteiger partial charge in [-0.15, -0.1) is 0 Å². The van der Waals surface area contributed by atoms with Crippen LogP contribution >= 0.6 is 0 Å². The summed E-state index contributed by atoms with van der Waals surface area (Å²) in [6, 6.07) is 9.46. The maximum atomic E-state index is 3.33. The summed E-state index contributed by atoms with van der Waals surface area (Å²) in [5.74, 6) is 0. The fraction of sp³-hybridized carbons (Fsp3) is 0.571. The fourth-order valence-electron chi connectivity index (χ4n) is 2.46. The molecule has 0 aromatic heterocycles. The van der Waals surface area contributed by atoms with Crippen molar-refractivity contribution in [2.45, 2.75) is 26.2 Å². The number of benzene rings is 1. The van der Waals surface area contributed by atoms with E-state index in [1.165, 1.54) is 0 Å². The van der Waals surface area contributed by atoms with Crippen molar-refractivity contribution >= 4 is 26.5 Å². The molecule has 18 heavy (non-hydrogen) atoms. The lowest BCUT2D eigenvalue weighted by molar-refractivity contribution is 0.949. The van der Waals surface area contributed by atoms with Crippen molar-refractivity contribution in [3.63, 3.8) is 0 Å². The average Bonchev–Trinajstić information content (AvgIpc) is 2.29. The second-order valence-electron chi connectivity index (χ2n) is 6.41. The summed E-state index contributed by atoms with van der Waals surface area (Å²) in [5, 5.41) is 9.77. The standard InChI is InChI=1S/C14H28N2Si2/c1-15-11-17(3,4)13-7-9-14(10-8-13)18(5,6)12-16-2/h7-10,15-16H,11-12H2,1-6H3. The summed E-state index contributed by atoms with van der Waals surface area (Å²) in [5.41, 5.74) is 0. The van der Waals surface area contributed by atoms with Gasteiger partial charge in [0.2, 0.25) is 0 Å². The van der Waals surface area contributed by atoms with Gasteiger partial charge in [0.25, 0.3) is 0 Å². The van der Waals surface area contributed by atoms with E-state index in [0.717, 1.165) is 12.3 Å². The first kappa shape index (κ1) is 15.6. The van der Waals surface area contributed by atoms with Crippen molar-refractivity contribution in [3.05, 3.63) is 24.3 Å². The maximum Gasteiger partial charge on any atom is 0.0945 e. The fourth-order valence-corrected chi connectivity index (χ4v) is 6.77. The van der Waals surface area contributed by atoms with Crippen LogP contribution in [0.15, 0.2) is 24.3 Å². The molecule has 2 N–H and O–H groups in total. The lowest BCUT2D eigenvalue weighted by Crippen LogP contribution is -2.52. The molecule has 0 unspecified atom stereocenters. The van der Waals surface area contributed by atoms with Crippen molar-refractivity contribution in [1.29, 1.82) is 0 Å². The predicted octanol–water partition coefficient (Wildman–Crippen LogP) is 1.03. The molecule has 1 rings (SSSR count). The Hall–Kier alpha value is -0.426. The van der Waals surface area contributed by atoms with Gasteiger partial charge in [-0.05, 0) is 26.4 Å². The highest BCUT2D eigenvalue weighted by Crippen LogP contribution is 2.04. The van der Waals surface area contributed by atoms with E-state index in [1.54, 1.807) is 10.4 Å². The van der Waals surface area contributed by atoms with Gasteiger partial charge in [0.05, 0.1) is 16.1 Å². The van der Waals surface area contributed by atoms with Crippen molar-refractivity contribution < 1.29 is 0 Å². The predicted molar refractivity (Wildman–Crippen MR) is 88.5 cm³/mol. The molecule has 4 heteroatoms. The molecule has 0 fully saturated rings. The minimum atomic E-state index is -1.29. The van der Waals surface area contributed by atoms with Crippen LogP contribution in [0.25, 0.3) is 0 Å². The molecule has 0 heterocycles. The van der Waals surface area contributed by atoms with Crippen LogP contribution < -0.4 is 21.0 Å². The minimum absolute atomic E-state index is 1.14. The third kappa shape index (κ3) is 3.78. The van der Waals surface area contributed by atoms with Crippen LogP contribution in [0.3, 0.4) is 0 Å². The first-order chi connectivity index (χ1) is 8.33. The largest absolute Gasteiger partial charge is 0.322 e. The van der Waals surface area contributed by atoms with Gasteiger partial charge in [0.1, 0.15) is 0 Å². The normalized spacial score (nSPS) is 12.8. The summed E-state index contributed by atoms with van der Waals surface area (Å²) in [6.07, 6.45) is 2.29. The van der Waals surface area contributed by atoms with Gasteiger partial charge in [0, 0.05) is 0 Å². The smallest absolute Gasteiger partial charge is 0.0945 e. The summed E-state index contributed by atoms with van der Waals surface area (Å²) < 4.78 is 0. The van der Waals surface area contributed by atoms with Crippen molar-refractivity contribution in [1.82, 2.24) is 10.6 Å². The van der Waals surface area contributed by atoms with Crippen LogP contribution in [0.5, 0.6) is 0 Å². The zero-order valence-electron chi connectivity index (χ0n) is 12.7. The highest BCUT2D eigenvalue weighted by atomic mass is 28.3. The molecule has 0 aliphatic carbocycles. The van der Waals surface area contributed by atoms with Crippen molar-refractivity contribution in [2.75, 3.05) is 26.4 Å². The molecular formula is C14H28N2Si2. The number of nitrogens with one attached hydrogen (secondary N) is 2. The van der Waals surface area contributed by atoms with E-state index in [9.17, 15) is 0 Å². The molecule has 1 aromatic rings. The van der Waals surface area contributed by atoms with Gasteiger partial charge in [-0.1, -0.05) is 60.8 Å². The van der Waals surface area contributed by atoms with Gasteiger partial charge in [-0.2, -0.15) is 0 Å². The lowest BCUT2D eigenvalue weighted by Gasteiger charge is -2.26. The van der Waals surface area contributed by atoms with Gasteiger partial charge < -0.3 is 10.6 Å². The van der Waals surface area contributed by atoms with E-state index in [-0.39, 0.29) is 0 Å². The van der Waals surface area contributed by atoms with Crippen LogP contribution in [0.4, 0.5) is 0 Å². The van der Waals surface area contributed by atoms with E-state index in [4.69, 9.17) is 0 Å². The molecule has 0 spiro atoms. The van der Waals surface area contributed by atoms with Crippen molar-refractivity contribution in [3.8, 4) is 0 Å². The second kappa shape index (κ2) is 6.15. The topological polar surface area (TPSA) is 24.1 Å². The first-order valence-electron chi connectivity index (χ1n) is 6.74. The summed E-state index contributed by atoms with van der Waals surface area (Å²) in [4.78, 5) is 0. The van der Waals surface area contributed by atoms with Gasteiger partial charge in [-0.25, -0.2) is 0 Å². The number of rotatable bonds is 6. The maximum absolute atomic E-state index is 3.33. The third-order valence-electron chi connectivity index (χ3n) is 3.69. The molecule has 0 aliphatic rings. The molecule has 0 atom stereocenters. The van der Waals surface area contributed by atoms with Crippen LogP contribution in [0, 0.1) is 0 Å². The molecule has 2 nitrogen and oxygen atoms in total. The monoisotopic (exact) mass is 280 g/mol. The lowest BCUT2D eigenvalue weighted by atomic mass is 10.4. The third-order valence-corrected chi connectivity index (χ3v) is 9.95. The number of hydrogen-bond acceptors (Lipinski definition) is 2. The van der Waals surface area contributed by atoms with Gasteiger partial charge in [0.15, 0.2) is 0 Å². The Morgan fingerprint density at radius 1 is 0.722 bits per heavy atom. The quantitative estimate of drug-likeness (QED) is 0.761. The van der Waals surface area contributed by atoms with E-state index in [2.05, 4.69) is 61.1 Å². The Bertz CT molecular complexity index is 335. The van der Waals surface area contributed by atoms with E-state index in [1.807, 2.05) is 14.1 Å². The molecule has 0 radical (unpaired) electrons. The van der Waals surface area contributed by atoms with E-state index in [0.29, 0.717) is 0 Å². The average molecular weight is 281 g/mol. The SMILES string of the molecule is CNC[Si](C)(C)c1ccc([Si](C)(C)CNC)cc1. The summed E-state index contributed by atoms with van der Waals surface area (Å²) in [6.45, 7) is 9.70. The Morgan fingerprint density at radius 2 is 1.00 bits per heavy atom. The van der Waals surface area contributed by atoms with Gasteiger partial charge in [-0.3, -0.25) is 0 Å². The minimum Gasteiger partial charge on any atom is -0.322 e. The molecule has 0 saturated carbocycles. The van der Waals surface area contributed by atoms with Gasteiger partial charge >= 0.3 is 0 Å². The molecular weight excluding hydrogens is 252 g/mol. The van der Waals surface area contributed by atoms with Crippen LogP contribution in [-0.2, 0) is 0 Å². The van der Waals surface area contributed by atoms with E-state index >= 15 is 0 Å². The zero-order valence-corrected chi connectivity index (χ0v) is 14.7.